The van der Waals surface area contributed by atoms with E-state index in [2.05, 4.69) is 15.5 Å². The number of nitrogens with zero attached hydrogens (tertiary/aromatic N) is 3. The van der Waals surface area contributed by atoms with Crippen LogP contribution in [0.2, 0.25) is 5.02 Å². The lowest BCUT2D eigenvalue weighted by atomic mass is 10.2. The first-order valence-electron chi connectivity index (χ1n) is 5.83. The molecule has 3 N–H and O–H groups in total. The molecule has 1 amide bonds. The zero-order valence-electron chi connectivity index (χ0n) is 11.0. The normalized spacial score (nSPS) is 12.2. The van der Waals surface area contributed by atoms with Gasteiger partial charge in [-0.1, -0.05) is 23.4 Å². The molecule has 2 rings (SSSR count). The maximum Gasteiger partial charge on any atom is 0.247 e. The monoisotopic (exact) mass is 311 g/mol. The van der Waals surface area contributed by atoms with E-state index in [1.165, 1.54) is 11.8 Å². The highest BCUT2D eigenvalue weighted by atomic mass is 35.5. The van der Waals surface area contributed by atoms with E-state index in [9.17, 15) is 4.79 Å². The van der Waals surface area contributed by atoms with Gasteiger partial charge in [0.05, 0.1) is 0 Å². The van der Waals surface area contributed by atoms with Gasteiger partial charge >= 0.3 is 0 Å². The summed E-state index contributed by atoms with van der Waals surface area (Å²) in [6.45, 7) is 1.74. The minimum atomic E-state index is -0.511. The summed E-state index contributed by atoms with van der Waals surface area (Å²) in [6, 6.07) is 6.38. The van der Waals surface area contributed by atoms with E-state index in [1.807, 2.05) is 6.26 Å². The number of nitrogens with two attached hydrogens (primary N) is 1. The van der Waals surface area contributed by atoms with Crippen LogP contribution < -0.4 is 11.1 Å². The largest absolute Gasteiger partial charge is 0.368 e. The van der Waals surface area contributed by atoms with Crippen molar-refractivity contribution in [3.63, 3.8) is 0 Å². The molecule has 1 aromatic heterocycles. The van der Waals surface area contributed by atoms with Crippen molar-refractivity contribution in [2.24, 2.45) is 0 Å². The van der Waals surface area contributed by atoms with E-state index in [4.69, 9.17) is 17.3 Å². The second kappa shape index (κ2) is 6.15. The Morgan fingerprint density at radius 3 is 2.65 bits per heavy atom. The molecule has 0 saturated heterocycles. The van der Waals surface area contributed by atoms with Crippen LogP contribution in [0.4, 0.5) is 11.6 Å². The Kier molecular flexibility index (Phi) is 4.51. The van der Waals surface area contributed by atoms with Crippen molar-refractivity contribution < 1.29 is 4.79 Å². The van der Waals surface area contributed by atoms with Crippen LogP contribution in [-0.2, 0) is 4.79 Å². The van der Waals surface area contributed by atoms with Crippen LogP contribution in [0.25, 0.3) is 0 Å². The van der Waals surface area contributed by atoms with Crippen molar-refractivity contribution in [3.8, 4) is 0 Å². The number of halogens is 1. The Morgan fingerprint density at radius 2 is 2.05 bits per heavy atom. The highest BCUT2D eigenvalue weighted by Crippen LogP contribution is 2.22. The van der Waals surface area contributed by atoms with Crippen molar-refractivity contribution in [1.82, 2.24) is 14.8 Å². The first-order valence-corrected chi connectivity index (χ1v) is 7.44. The minimum Gasteiger partial charge on any atom is -0.368 e. The fraction of sp³-hybridized carbons (Fsp3) is 0.250. The highest BCUT2D eigenvalue weighted by Gasteiger charge is 2.21. The number of rotatable bonds is 4. The van der Waals surface area contributed by atoms with Gasteiger partial charge in [0.1, 0.15) is 6.04 Å². The number of hydrogen-bond acceptors (Lipinski definition) is 5. The van der Waals surface area contributed by atoms with Crippen LogP contribution in [0, 0.1) is 0 Å². The second-order valence-corrected chi connectivity index (χ2v) is 5.30. The molecule has 0 aliphatic rings. The lowest BCUT2D eigenvalue weighted by molar-refractivity contribution is -0.118. The first kappa shape index (κ1) is 14.7. The van der Waals surface area contributed by atoms with Crippen LogP contribution in [0.1, 0.15) is 13.0 Å². The van der Waals surface area contributed by atoms with E-state index in [1.54, 1.807) is 35.8 Å². The van der Waals surface area contributed by atoms with Gasteiger partial charge in [0.15, 0.2) is 5.16 Å². The summed E-state index contributed by atoms with van der Waals surface area (Å²) < 4.78 is 1.59. The molecule has 8 heteroatoms. The van der Waals surface area contributed by atoms with Gasteiger partial charge in [-0.3, -0.25) is 9.36 Å². The molecule has 0 spiro atoms. The van der Waals surface area contributed by atoms with Gasteiger partial charge in [-0.15, -0.1) is 10.2 Å². The summed E-state index contributed by atoms with van der Waals surface area (Å²) in [5.74, 6) is 0.0160. The third-order valence-corrected chi connectivity index (χ3v) is 3.65. The van der Waals surface area contributed by atoms with Crippen LogP contribution >= 0.6 is 23.4 Å². The van der Waals surface area contributed by atoms with Crippen molar-refractivity contribution >= 4 is 40.9 Å². The van der Waals surface area contributed by atoms with Crippen LogP contribution in [-0.4, -0.2) is 26.9 Å². The molecule has 1 heterocycles. The number of anilines is 2. The van der Waals surface area contributed by atoms with E-state index in [0.29, 0.717) is 15.9 Å². The number of nitrogens with one attached hydrogen (secondary N) is 1. The highest BCUT2D eigenvalue weighted by molar-refractivity contribution is 7.98. The third-order valence-electron chi connectivity index (χ3n) is 2.75. The summed E-state index contributed by atoms with van der Waals surface area (Å²) in [7, 11) is 0. The molecule has 0 unspecified atom stereocenters. The summed E-state index contributed by atoms with van der Waals surface area (Å²) in [5.41, 5.74) is 6.42. The molecule has 6 nitrogen and oxygen atoms in total. The average molecular weight is 312 g/mol. The molecule has 20 heavy (non-hydrogen) atoms. The lowest BCUT2D eigenvalue weighted by Gasteiger charge is -2.15. The molecule has 1 atom stereocenters. The Morgan fingerprint density at radius 1 is 1.40 bits per heavy atom. The fourth-order valence-corrected chi connectivity index (χ4v) is 2.39. The predicted molar refractivity (Wildman–Crippen MR) is 81.0 cm³/mol. The third kappa shape index (κ3) is 3.05. The number of thioether (sulfide) groups is 1. The molecule has 0 aliphatic carbocycles. The summed E-state index contributed by atoms with van der Waals surface area (Å²) in [4.78, 5) is 12.2. The lowest BCUT2D eigenvalue weighted by Crippen LogP contribution is -2.25. The Hall–Kier alpha value is -1.73. The number of benzene rings is 1. The average Bonchev–Trinajstić information content (AvgIpc) is 2.81. The van der Waals surface area contributed by atoms with Gasteiger partial charge in [-0.2, -0.15) is 0 Å². The maximum absolute atomic E-state index is 12.2. The number of nitrogen functional groups attached to an aromatic ring is 1. The van der Waals surface area contributed by atoms with Crippen LogP contribution in [0.5, 0.6) is 0 Å². The van der Waals surface area contributed by atoms with E-state index >= 15 is 0 Å². The van der Waals surface area contributed by atoms with Crippen molar-refractivity contribution in [2.75, 3.05) is 17.3 Å². The summed E-state index contributed by atoms with van der Waals surface area (Å²) in [6.07, 6.45) is 1.85. The van der Waals surface area contributed by atoms with Gasteiger partial charge < -0.3 is 11.1 Å². The van der Waals surface area contributed by atoms with Crippen molar-refractivity contribution in [2.45, 2.75) is 18.1 Å². The summed E-state index contributed by atoms with van der Waals surface area (Å²) >= 11 is 7.18. The van der Waals surface area contributed by atoms with Gasteiger partial charge in [0, 0.05) is 10.7 Å². The van der Waals surface area contributed by atoms with Gasteiger partial charge in [-0.05, 0) is 37.4 Å². The van der Waals surface area contributed by atoms with Gasteiger partial charge in [0.25, 0.3) is 0 Å². The molecule has 0 bridgehead atoms. The SMILES string of the molecule is CSc1nnc(N)n1[C@H](C)C(=O)Nc1ccc(Cl)cc1. The number of carbonyl (C=O) groups is 1. The molecule has 2 aromatic rings. The molecular weight excluding hydrogens is 298 g/mol. The van der Waals surface area contributed by atoms with Crippen molar-refractivity contribution in [3.05, 3.63) is 29.3 Å². The fourth-order valence-electron chi connectivity index (χ4n) is 1.69. The summed E-state index contributed by atoms with van der Waals surface area (Å²) in [5, 5.41) is 11.7. The van der Waals surface area contributed by atoms with Crippen LogP contribution in [0.3, 0.4) is 0 Å². The molecular formula is C12H14ClN5OS. The Balaban J connectivity index is 2.16. The molecule has 0 radical (unpaired) electrons. The maximum atomic E-state index is 12.2. The molecule has 0 aliphatic heterocycles. The smallest absolute Gasteiger partial charge is 0.247 e. The number of hydrogen-bond donors (Lipinski definition) is 2. The predicted octanol–water partition coefficient (Wildman–Crippen LogP) is 2.44. The molecule has 106 valence electrons. The zero-order valence-corrected chi connectivity index (χ0v) is 12.6. The number of carbonyl (C=O) groups excluding carboxylic acids is 1. The number of amides is 1. The number of aromatic nitrogens is 3. The Bertz CT molecular complexity index is 613. The molecule has 0 saturated carbocycles. The van der Waals surface area contributed by atoms with Gasteiger partial charge in [0.2, 0.25) is 11.9 Å². The van der Waals surface area contributed by atoms with E-state index in [-0.39, 0.29) is 11.9 Å². The Labute approximate surface area is 125 Å². The first-order chi connectivity index (χ1) is 9.52. The molecule has 1 aromatic carbocycles. The minimum absolute atomic E-state index is 0.200. The quantitative estimate of drug-likeness (QED) is 0.847. The zero-order chi connectivity index (χ0) is 14.7. The van der Waals surface area contributed by atoms with Gasteiger partial charge in [-0.25, -0.2) is 0 Å². The van der Waals surface area contributed by atoms with E-state index < -0.39 is 6.04 Å². The molecule has 0 fully saturated rings. The second-order valence-electron chi connectivity index (χ2n) is 4.09. The van der Waals surface area contributed by atoms with Crippen LogP contribution in [0.15, 0.2) is 29.4 Å². The van der Waals surface area contributed by atoms with Crippen molar-refractivity contribution in [1.29, 1.82) is 0 Å². The standard InChI is InChI=1S/C12H14ClN5OS/c1-7(18-11(14)16-17-12(18)20-2)10(19)15-9-5-3-8(13)4-6-9/h3-7H,1-2H3,(H2,14,16)(H,15,19)/t7-/m1/s1. The van der Waals surface area contributed by atoms with E-state index in [0.717, 1.165) is 0 Å². The topological polar surface area (TPSA) is 85.8 Å².